The summed E-state index contributed by atoms with van der Waals surface area (Å²) in [5.74, 6) is -1.56. The first-order chi connectivity index (χ1) is 8.22. The molecule has 3 nitrogen and oxygen atoms in total. The van der Waals surface area contributed by atoms with Gasteiger partial charge in [-0.3, -0.25) is 4.79 Å². The fourth-order valence-electron chi connectivity index (χ4n) is 1.67. The van der Waals surface area contributed by atoms with Crippen molar-refractivity contribution in [3.8, 4) is 0 Å². The fraction of sp³-hybridized carbons (Fsp3) is 0.786. The molecule has 2 N–H and O–H groups in total. The van der Waals surface area contributed by atoms with Crippen molar-refractivity contribution in [2.45, 2.75) is 58.3 Å². The molecule has 0 spiro atoms. The van der Waals surface area contributed by atoms with E-state index in [0.717, 1.165) is 6.42 Å². The van der Waals surface area contributed by atoms with Crippen molar-refractivity contribution in [3.63, 3.8) is 0 Å². The Bertz CT molecular complexity index is 212. The molecular formula is C14H26O3. The highest BCUT2D eigenvalue weighted by Gasteiger charge is 2.13. The number of carboxylic acids is 1. The molecule has 0 aliphatic heterocycles. The van der Waals surface area contributed by atoms with Crippen LogP contribution in [0.25, 0.3) is 0 Å². The molecule has 1 atom stereocenters. The van der Waals surface area contributed by atoms with Gasteiger partial charge in [-0.1, -0.05) is 51.2 Å². The summed E-state index contributed by atoms with van der Waals surface area (Å²) in [6, 6.07) is 0. The minimum atomic E-state index is -0.920. The summed E-state index contributed by atoms with van der Waals surface area (Å²) < 4.78 is 0. The summed E-state index contributed by atoms with van der Waals surface area (Å²) in [4.78, 5) is 10.6. The van der Waals surface area contributed by atoms with E-state index < -0.39 is 11.9 Å². The van der Waals surface area contributed by atoms with Gasteiger partial charge in [0.15, 0.2) is 0 Å². The molecule has 0 aromatic carbocycles. The quantitative estimate of drug-likeness (QED) is 0.431. The van der Waals surface area contributed by atoms with Crippen molar-refractivity contribution >= 4 is 5.97 Å². The van der Waals surface area contributed by atoms with Crippen molar-refractivity contribution < 1.29 is 15.0 Å². The zero-order chi connectivity index (χ0) is 12.9. The van der Waals surface area contributed by atoms with Crippen LogP contribution >= 0.6 is 0 Å². The monoisotopic (exact) mass is 242 g/mol. The predicted molar refractivity (Wildman–Crippen MR) is 70.0 cm³/mol. The molecule has 0 rings (SSSR count). The van der Waals surface area contributed by atoms with E-state index in [1.165, 1.54) is 38.5 Å². The topological polar surface area (TPSA) is 57.5 Å². The first kappa shape index (κ1) is 16.2. The lowest BCUT2D eigenvalue weighted by atomic mass is 10.1. The van der Waals surface area contributed by atoms with Gasteiger partial charge in [-0.05, 0) is 19.3 Å². The summed E-state index contributed by atoms with van der Waals surface area (Å²) in [5, 5.41) is 17.5. The Morgan fingerprint density at radius 3 is 2.35 bits per heavy atom. The highest BCUT2D eigenvalue weighted by molar-refractivity contribution is 5.70. The Balaban J connectivity index is 3.38. The first-order valence-corrected chi connectivity index (χ1v) is 6.71. The number of hydrogen-bond acceptors (Lipinski definition) is 2. The van der Waals surface area contributed by atoms with Gasteiger partial charge in [0.1, 0.15) is 0 Å². The van der Waals surface area contributed by atoms with E-state index in [4.69, 9.17) is 10.2 Å². The van der Waals surface area contributed by atoms with Crippen LogP contribution < -0.4 is 0 Å². The molecule has 100 valence electrons. The largest absolute Gasteiger partial charge is 0.481 e. The molecule has 0 aromatic heterocycles. The third-order valence-corrected chi connectivity index (χ3v) is 2.88. The number of rotatable bonds is 11. The number of hydrogen-bond donors (Lipinski definition) is 2. The van der Waals surface area contributed by atoms with Crippen molar-refractivity contribution in [1.29, 1.82) is 0 Å². The van der Waals surface area contributed by atoms with Crippen LogP contribution in [-0.2, 0) is 4.79 Å². The zero-order valence-corrected chi connectivity index (χ0v) is 10.9. The third-order valence-electron chi connectivity index (χ3n) is 2.88. The second-order valence-corrected chi connectivity index (χ2v) is 4.48. The van der Waals surface area contributed by atoms with E-state index in [1.807, 2.05) is 12.2 Å². The number of unbranched alkanes of at least 4 members (excludes halogenated alkanes) is 6. The van der Waals surface area contributed by atoms with Crippen LogP contribution in [0, 0.1) is 5.92 Å². The van der Waals surface area contributed by atoms with Crippen LogP contribution in [0.15, 0.2) is 12.2 Å². The Hall–Kier alpha value is -0.830. The Kier molecular flexibility index (Phi) is 11.1. The van der Waals surface area contributed by atoms with Crippen molar-refractivity contribution in [1.82, 2.24) is 0 Å². The molecule has 0 aliphatic rings. The lowest BCUT2D eigenvalue weighted by molar-refractivity contribution is -0.142. The summed E-state index contributed by atoms with van der Waals surface area (Å²) in [5.41, 5.74) is 0. The van der Waals surface area contributed by atoms with Crippen LogP contribution in [0.5, 0.6) is 0 Å². The van der Waals surface area contributed by atoms with Crippen LogP contribution in [-0.4, -0.2) is 22.8 Å². The molecule has 0 aliphatic carbocycles. The second-order valence-electron chi connectivity index (χ2n) is 4.48. The molecule has 0 saturated heterocycles. The predicted octanol–water partition coefficient (Wildman–Crippen LogP) is 3.38. The molecule has 0 saturated carbocycles. The van der Waals surface area contributed by atoms with Gasteiger partial charge in [0.05, 0.1) is 12.5 Å². The zero-order valence-electron chi connectivity index (χ0n) is 10.9. The summed E-state index contributed by atoms with van der Waals surface area (Å²) >= 11 is 0. The SMILES string of the molecule is CCCCCCCCC=CCC(CO)C(=O)O. The summed E-state index contributed by atoms with van der Waals surface area (Å²) in [7, 11) is 0. The summed E-state index contributed by atoms with van der Waals surface area (Å²) in [6.07, 6.45) is 13.0. The van der Waals surface area contributed by atoms with E-state index >= 15 is 0 Å². The van der Waals surface area contributed by atoms with Crippen molar-refractivity contribution in [3.05, 3.63) is 12.2 Å². The number of aliphatic carboxylic acids is 1. The van der Waals surface area contributed by atoms with Gasteiger partial charge in [-0.15, -0.1) is 0 Å². The summed E-state index contributed by atoms with van der Waals surface area (Å²) in [6.45, 7) is 1.93. The maximum absolute atomic E-state index is 10.6. The van der Waals surface area contributed by atoms with Gasteiger partial charge in [-0.25, -0.2) is 0 Å². The van der Waals surface area contributed by atoms with Crippen LogP contribution in [0.3, 0.4) is 0 Å². The van der Waals surface area contributed by atoms with E-state index in [0.29, 0.717) is 6.42 Å². The third kappa shape index (κ3) is 10.1. The average Bonchev–Trinajstić information content (AvgIpc) is 2.31. The molecule has 0 amide bonds. The minimum absolute atomic E-state index is 0.281. The van der Waals surface area contributed by atoms with Gasteiger partial charge in [0.2, 0.25) is 0 Å². The van der Waals surface area contributed by atoms with Gasteiger partial charge < -0.3 is 10.2 Å². The van der Waals surface area contributed by atoms with E-state index in [1.54, 1.807) is 0 Å². The Morgan fingerprint density at radius 1 is 1.12 bits per heavy atom. The molecule has 3 heteroatoms. The van der Waals surface area contributed by atoms with Crippen LogP contribution in [0.4, 0.5) is 0 Å². The molecule has 17 heavy (non-hydrogen) atoms. The standard InChI is InChI=1S/C14H26O3/c1-2-3-4-5-6-7-8-9-10-11-13(12-15)14(16)17/h9-10,13,15H,2-8,11-12H2,1H3,(H,16,17). The normalized spacial score (nSPS) is 13.1. The van der Waals surface area contributed by atoms with Gasteiger partial charge in [-0.2, -0.15) is 0 Å². The molecule has 0 bridgehead atoms. The minimum Gasteiger partial charge on any atom is -0.481 e. The fourth-order valence-corrected chi connectivity index (χ4v) is 1.67. The number of carbonyl (C=O) groups is 1. The maximum atomic E-state index is 10.6. The van der Waals surface area contributed by atoms with Crippen LogP contribution in [0.1, 0.15) is 58.3 Å². The highest BCUT2D eigenvalue weighted by atomic mass is 16.4. The number of aliphatic hydroxyl groups is 1. The maximum Gasteiger partial charge on any atom is 0.309 e. The lowest BCUT2D eigenvalue weighted by Gasteiger charge is -2.04. The molecular weight excluding hydrogens is 216 g/mol. The van der Waals surface area contributed by atoms with Gasteiger partial charge in [0.25, 0.3) is 0 Å². The average molecular weight is 242 g/mol. The van der Waals surface area contributed by atoms with E-state index in [9.17, 15) is 4.79 Å². The van der Waals surface area contributed by atoms with Crippen LogP contribution in [0.2, 0.25) is 0 Å². The molecule has 0 heterocycles. The number of aliphatic hydroxyl groups excluding tert-OH is 1. The second kappa shape index (κ2) is 11.6. The smallest absolute Gasteiger partial charge is 0.309 e. The Morgan fingerprint density at radius 2 is 1.76 bits per heavy atom. The van der Waals surface area contributed by atoms with Crippen molar-refractivity contribution in [2.75, 3.05) is 6.61 Å². The molecule has 0 aromatic rings. The first-order valence-electron chi connectivity index (χ1n) is 6.71. The molecule has 1 unspecified atom stereocenters. The van der Waals surface area contributed by atoms with Gasteiger partial charge >= 0.3 is 5.97 Å². The highest BCUT2D eigenvalue weighted by Crippen LogP contribution is 2.08. The van der Waals surface area contributed by atoms with Gasteiger partial charge in [0, 0.05) is 0 Å². The lowest BCUT2D eigenvalue weighted by Crippen LogP contribution is -2.16. The van der Waals surface area contributed by atoms with E-state index in [-0.39, 0.29) is 6.61 Å². The molecule has 0 radical (unpaired) electrons. The Labute approximate surface area is 105 Å². The van der Waals surface area contributed by atoms with Crippen molar-refractivity contribution in [2.24, 2.45) is 5.92 Å². The molecule has 0 fully saturated rings. The number of allylic oxidation sites excluding steroid dienone is 2. The van der Waals surface area contributed by atoms with E-state index in [2.05, 4.69) is 6.92 Å². The number of carboxylic acid groups (broad SMARTS) is 1.